The van der Waals surface area contributed by atoms with Gasteiger partial charge in [0.15, 0.2) is 5.82 Å². The van der Waals surface area contributed by atoms with Gasteiger partial charge in [-0.3, -0.25) is 0 Å². The Bertz CT molecular complexity index is 506. The van der Waals surface area contributed by atoms with E-state index in [1.54, 1.807) is 4.68 Å². The van der Waals surface area contributed by atoms with Crippen molar-refractivity contribution in [1.29, 1.82) is 0 Å². The van der Waals surface area contributed by atoms with Gasteiger partial charge in [-0.2, -0.15) is 4.68 Å². The lowest BCUT2D eigenvalue weighted by Crippen LogP contribution is -2.14. The van der Waals surface area contributed by atoms with Gasteiger partial charge in [-0.1, -0.05) is 22.0 Å². The summed E-state index contributed by atoms with van der Waals surface area (Å²) in [5.41, 5.74) is 7.83. The lowest BCUT2D eigenvalue weighted by atomic mass is 10.2. The van der Waals surface area contributed by atoms with E-state index in [0.717, 1.165) is 15.7 Å². The zero-order valence-corrected chi connectivity index (χ0v) is 10.6. The number of hydrogen-bond donors (Lipinski definition) is 1. The summed E-state index contributed by atoms with van der Waals surface area (Å²) in [6.07, 6.45) is 0. The first-order chi connectivity index (χ1) is 7.61. The number of nitrogens with zero attached hydrogens (tertiary/aromatic N) is 4. The molecule has 84 valence electrons. The minimum Gasteiger partial charge on any atom is -0.321 e. The number of benzene rings is 1. The Labute approximate surface area is 102 Å². The summed E-state index contributed by atoms with van der Waals surface area (Å²) in [5.74, 6) is 0.654. The van der Waals surface area contributed by atoms with E-state index < -0.39 is 0 Å². The zero-order valence-electron chi connectivity index (χ0n) is 9.05. The van der Waals surface area contributed by atoms with Gasteiger partial charge in [0.1, 0.15) is 0 Å². The highest BCUT2D eigenvalue weighted by molar-refractivity contribution is 9.10. The Hall–Kier alpha value is -1.27. The maximum absolute atomic E-state index is 5.81. The molecule has 1 atom stereocenters. The third kappa shape index (κ3) is 1.85. The third-order valence-electron chi connectivity index (χ3n) is 2.37. The Morgan fingerprint density at radius 1 is 1.44 bits per heavy atom. The van der Waals surface area contributed by atoms with Crippen molar-refractivity contribution < 1.29 is 0 Å². The average molecular weight is 282 g/mol. The molecule has 1 unspecified atom stereocenters. The molecule has 0 saturated heterocycles. The van der Waals surface area contributed by atoms with Crippen molar-refractivity contribution in [3.8, 4) is 5.69 Å². The molecule has 5 nitrogen and oxygen atoms in total. The Morgan fingerprint density at radius 2 is 2.19 bits per heavy atom. The Kier molecular flexibility index (Phi) is 3.02. The quantitative estimate of drug-likeness (QED) is 0.911. The second-order valence-corrected chi connectivity index (χ2v) is 4.48. The molecule has 1 aromatic carbocycles. The molecule has 2 N–H and O–H groups in total. The lowest BCUT2D eigenvalue weighted by Gasteiger charge is -2.10. The summed E-state index contributed by atoms with van der Waals surface area (Å²) in [6.45, 7) is 3.86. The standard InChI is InChI=1S/C10H12BrN5/c1-6-8(11)4-3-5-9(6)16-10(7(2)12)13-14-15-16/h3-5,7H,12H2,1-2H3. The lowest BCUT2D eigenvalue weighted by molar-refractivity contribution is 0.686. The van der Waals surface area contributed by atoms with Crippen LogP contribution in [0.25, 0.3) is 5.69 Å². The zero-order chi connectivity index (χ0) is 11.7. The van der Waals surface area contributed by atoms with Gasteiger partial charge in [0.25, 0.3) is 0 Å². The second kappa shape index (κ2) is 4.31. The smallest absolute Gasteiger partial charge is 0.173 e. The number of rotatable bonds is 2. The fraction of sp³-hybridized carbons (Fsp3) is 0.300. The SMILES string of the molecule is Cc1c(Br)cccc1-n1nnnc1C(C)N. The molecule has 0 aliphatic rings. The van der Waals surface area contributed by atoms with E-state index in [1.165, 1.54) is 0 Å². The minimum atomic E-state index is -0.201. The van der Waals surface area contributed by atoms with E-state index in [4.69, 9.17) is 5.73 Å². The minimum absolute atomic E-state index is 0.201. The van der Waals surface area contributed by atoms with Crippen LogP contribution in [0.3, 0.4) is 0 Å². The van der Waals surface area contributed by atoms with E-state index in [1.807, 2.05) is 32.0 Å². The van der Waals surface area contributed by atoms with Gasteiger partial charge in [0.05, 0.1) is 11.7 Å². The van der Waals surface area contributed by atoms with Gasteiger partial charge in [-0.05, 0) is 42.0 Å². The Balaban J connectivity index is 2.59. The van der Waals surface area contributed by atoms with Gasteiger partial charge in [-0.15, -0.1) is 5.10 Å². The molecular weight excluding hydrogens is 270 g/mol. The number of aromatic nitrogens is 4. The monoisotopic (exact) mass is 281 g/mol. The first-order valence-corrected chi connectivity index (χ1v) is 5.70. The van der Waals surface area contributed by atoms with Crippen molar-refractivity contribution in [3.05, 3.63) is 34.1 Å². The molecule has 1 heterocycles. The summed E-state index contributed by atoms with van der Waals surface area (Å²) in [5, 5.41) is 11.5. The first kappa shape index (κ1) is 11.2. The van der Waals surface area contributed by atoms with Crippen molar-refractivity contribution >= 4 is 15.9 Å². The summed E-state index contributed by atoms with van der Waals surface area (Å²) in [4.78, 5) is 0. The number of tetrazole rings is 1. The molecule has 0 aliphatic heterocycles. The van der Waals surface area contributed by atoms with Crippen LogP contribution in [0.15, 0.2) is 22.7 Å². The fourth-order valence-corrected chi connectivity index (χ4v) is 1.83. The van der Waals surface area contributed by atoms with Crippen LogP contribution in [0.1, 0.15) is 24.4 Å². The molecule has 0 radical (unpaired) electrons. The number of halogens is 1. The summed E-state index contributed by atoms with van der Waals surface area (Å²) < 4.78 is 2.70. The predicted molar refractivity (Wildman–Crippen MR) is 64.2 cm³/mol. The van der Waals surface area contributed by atoms with Crippen LogP contribution in [0.2, 0.25) is 0 Å². The van der Waals surface area contributed by atoms with Crippen LogP contribution >= 0.6 is 15.9 Å². The average Bonchev–Trinajstić information content (AvgIpc) is 2.70. The maximum Gasteiger partial charge on any atom is 0.173 e. The van der Waals surface area contributed by atoms with Crippen LogP contribution in [-0.2, 0) is 0 Å². The van der Waals surface area contributed by atoms with E-state index in [0.29, 0.717) is 5.82 Å². The van der Waals surface area contributed by atoms with Gasteiger partial charge in [-0.25, -0.2) is 0 Å². The highest BCUT2D eigenvalue weighted by Crippen LogP contribution is 2.23. The van der Waals surface area contributed by atoms with Crippen LogP contribution in [0.5, 0.6) is 0 Å². The third-order valence-corrected chi connectivity index (χ3v) is 3.23. The molecule has 16 heavy (non-hydrogen) atoms. The molecule has 1 aromatic heterocycles. The second-order valence-electron chi connectivity index (χ2n) is 3.62. The molecule has 0 spiro atoms. The highest BCUT2D eigenvalue weighted by Gasteiger charge is 2.14. The van der Waals surface area contributed by atoms with Gasteiger partial charge in [0, 0.05) is 4.47 Å². The van der Waals surface area contributed by atoms with E-state index >= 15 is 0 Å². The molecular formula is C10H12BrN5. The highest BCUT2D eigenvalue weighted by atomic mass is 79.9. The number of nitrogens with two attached hydrogens (primary N) is 1. The molecule has 0 aliphatic carbocycles. The molecule has 0 bridgehead atoms. The van der Waals surface area contributed by atoms with Crippen molar-refractivity contribution in [2.75, 3.05) is 0 Å². The largest absolute Gasteiger partial charge is 0.321 e. The molecule has 0 amide bonds. The fourth-order valence-electron chi connectivity index (χ4n) is 1.48. The molecule has 0 fully saturated rings. The first-order valence-electron chi connectivity index (χ1n) is 4.90. The normalized spacial score (nSPS) is 12.8. The summed E-state index contributed by atoms with van der Waals surface area (Å²) >= 11 is 3.48. The summed E-state index contributed by atoms with van der Waals surface area (Å²) in [7, 11) is 0. The topological polar surface area (TPSA) is 69.6 Å². The maximum atomic E-state index is 5.81. The van der Waals surface area contributed by atoms with E-state index in [-0.39, 0.29) is 6.04 Å². The van der Waals surface area contributed by atoms with Crippen molar-refractivity contribution in [2.24, 2.45) is 5.73 Å². The van der Waals surface area contributed by atoms with Crippen molar-refractivity contribution in [2.45, 2.75) is 19.9 Å². The van der Waals surface area contributed by atoms with Gasteiger partial charge in [0.2, 0.25) is 0 Å². The van der Waals surface area contributed by atoms with Crippen LogP contribution in [0, 0.1) is 6.92 Å². The predicted octanol–water partition coefficient (Wildman–Crippen LogP) is 1.75. The molecule has 6 heteroatoms. The van der Waals surface area contributed by atoms with E-state index in [2.05, 4.69) is 31.5 Å². The van der Waals surface area contributed by atoms with Gasteiger partial charge >= 0.3 is 0 Å². The molecule has 2 rings (SSSR count). The van der Waals surface area contributed by atoms with Crippen LogP contribution in [-0.4, -0.2) is 20.2 Å². The summed E-state index contributed by atoms with van der Waals surface area (Å²) in [6, 6.07) is 5.68. The number of hydrogen-bond acceptors (Lipinski definition) is 4. The van der Waals surface area contributed by atoms with Gasteiger partial charge < -0.3 is 5.73 Å². The van der Waals surface area contributed by atoms with Crippen molar-refractivity contribution in [1.82, 2.24) is 20.2 Å². The van der Waals surface area contributed by atoms with E-state index in [9.17, 15) is 0 Å². The molecule has 0 saturated carbocycles. The van der Waals surface area contributed by atoms with Crippen LogP contribution in [0.4, 0.5) is 0 Å². The van der Waals surface area contributed by atoms with Crippen LogP contribution < -0.4 is 5.73 Å². The Morgan fingerprint density at radius 3 is 2.88 bits per heavy atom. The molecule has 2 aromatic rings. The van der Waals surface area contributed by atoms with Crippen molar-refractivity contribution in [3.63, 3.8) is 0 Å².